The molecule has 2 N–H and O–H groups in total. The Morgan fingerprint density at radius 2 is 1.95 bits per heavy atom. The van der Waals surface area contributed by atoms with E-state index in [-0.39, 0.29) is 5.82 Å². The molecule has 110 valence electrons. The molecule has 21 heavy (non-hydrogen) atoms. The minimum absolute atomic E-state index is 0.343. The van der Waals surface area contributed by atoms with E-state index in [9.17, 15) is 14.3 Å². The van der Waals surface area contributed by atoms with E-state index < -0.39 is 11.5 Å². The highest BCUT2D eigenvalue weighted by atomic mass is 79.9. The molecule has 1 atom stereocenters. The van der Waals surface area contributed by atoms with Gasteiger partial charge in [0.05, 0.1) is 0 Å². The second-order valence-corrected chi connectivity index (χ2v) is 5.62. The summed E-state index contributed by atoms with van der Waals surface area (Å²) in [4.78, 5) is 11.9. The van der Waals surface area contributed by atoms with Crippen molar-refractivity contribution in [2.24, 2.45) is 0 Å². The molecule has 1 unspecified atom stereocenters. The minimum atomic E-state index is -1.26. The van der Waals surface area contributed by atoms with E-state index >= 15 is 0 Å². The Morgan fingerprint density at radius 3 is 2.48 bits per heavy atom. The normalized spacial score (nSPS) is 13.5. The van der Waals surface area contributed by atoms with Gasteiger partial charge >= 0.3 is 5.97 Å². The van der Waals surface area contributed by atoms with E-state index in [1.165, 1.54) is 24.3 Å². The quantitative estimate of drug-likeness (QED) is 0.839. The molecule has 0 saturated heterocycles. The number of nitrogens with one attached hydrogen (secondary N) is 1. The Morgan fingerprint density at radius 1 is 1.29 bits per heavy atom. The number of hydrogen-bond donors (Lipinski definition) is 2. The van der Waals surface area contributed by atoms with Crippen LogP contribution < -0.4 is 5.32 Å². The lowest BCUT2D eigenvalue weighted by Crippen LogP contribution is -2.43. The summed E-state index contributed by atoms with van der Waals surface area (Å²) >= 11 is 3.36. The lowest BCUT2D eigenvalue weighted by molar-refractivity contribution is -0.142. The van der Waals surface area contributed by atoms with E-state index in [1.807, 2.05) is 6.07 Å². The van der Waals surface area contributed by atoms with Crippen LogP contribution >= 0.6 is 15.9 Å². The number of halogens is 2. The molecule has 0 aliphatic rings. The fourth-order valence-corrected chi connectivity index (χ4v) is 2.63. The molecule has 0 amide bonds. The molecule has 0 bridgehead atoms. The van der Waals surface area contributed by atoms with Gasteiger partial charge in [-0.1, -0.05) is 35.0 Å². The van der Waals surface area contributed by atoms with Gasteiger partial charge in [-0.05, 0) is 48.4 Å². The maximum absolute atomic E-state index is 13.0. The Bertz CT molecular complexity index is 645. The largest absolute Gasteiger partial charge is 0.479 e. The van der Waals surface area contributed by atoms with E-state index in [0.29, 0.717) is 17.7 Å². The van der Waals surface area contributed by atoms with Crippen LogP contribution in [0.3, 0.4) is 0 Å². The molecule has 2 rings (SSSR count). The van der Waals surface area contributed by atoms with Crippen molar-refractivity contribution >= 4 is 27.6 Å². The van der Waals surface area contributed by atoms with Crippen LogP contribution in [0.4, 0.5) is 10.1 Å². The van der Waals surface area contributed by atoms with Crippen molar-refractivity contribution in [2.75, 3.05) is 5.32 Å². The summed E-state index contributed by atoms with van der Waals surface area (Å²) < 4.78 is 13.8. The second-order valence-electron chi connectivity index (χ2n) is 4.71. The molecule has 2 aromatic rings. The molecule has 0 aromatic heterocycles. The van der Waals surface area contributed by atoms with Gasteiger partial charge < -0.3 is 10.4 Å². The fraction of sp³-hybridized carbons (Fsp3) is 0.188. The standard InChI is InChI=1S/C16H15BrFNO2/c1-2-16(15(20)21,11-4-3-5-12(17)10-11)19-14-8-6-13(18)7-9-14/h3-10,19H,2H2,1H3,(H,20,21). The Labute approximate surface area is 130 Å². The highest BCUT2D eigenvalue weighted by molar-refractivity contribution is 9.10. The van der Waals surface area contributed by atoms with Gasteiger partial charge in [-0.2, -0.15) is 0 Å². The van der Waals surface area contributed by atoms with E-state index in [1.54, 1.807) is 25.1 Å². The Balaban J connectivity index is 2.46. The highest BCUT2D eigenvalue weighted by Crippen LogP contribution is 2.32. The summed E-state index contributed by atoms with van der Waals surface area (Å²) in [7, 11) is 0. The first kappa shape index (κ1) is 15.5. The van der Waals surface area contributed by atoms with Crippen LogP contribution in [0.1, 0.15) is 18.9 Å². The van der Waals surface area contributed by atoms with Crippen molar-refractivity contribution in [2.45, 2.75) is 18.9 Å². The van der Waals surface area contributed by atoms with E-state index in [4.69, 9.17) is 0 Å². The number of anilines is 1. The zero-order chi connectivity index (χ0) is 15.5. The molecule has 5 heteroatoms. The number of rotatable bonds is 5. The van der Waals surface area contributed by atoms with Crippen LogP contribution in [0.25, 0.3) is 0 Å². The van der Waals surface area contributed by atoms with Gasteiger partial charge in [-0.15, -0.1) is 0 Å². The molecular weight excluding hydrogens is 337 g/mol. The van der Waals surface area contributed by atoms with Crippen LogP contribution in [0.5, 0.6) is 0 Å². The Hall–Kier alpha value is -1.88. The summed E-state index contributed by atoms with van der Waals surface area (Å²) in [6.07, 6.45) is 0.343. The topological polar surface area (TPSA) is 49.3 Å². The van der Waals surface area contributed by atoms with Gasteiger partial charge in [0.15, 0.2) is 5.54 Å². The second kappa shape index (κ2) is 6.26. The van der Waals surface area contributed by atoms with Gasteiger partial charge in [-0.3, -0.25) is 0 Å². The Kier molecular flexibility index (Phi) is 4.63. The maximum atomic E-state index is 13.0. The monoisotopic (exact) mass is 351 g/mol. The van der Waals surface area contributed by atoms with Crippen LogP contribution in [-0.4, -0.2) is 11.1 Å². The van der Waals surface area contributed by atoms with Crippen molar-refractivity contribution in [3.8, 4) is 0 Å². The molecule has 0 saturated carbocycles. The van der Waals surface area contributed by atoms with E-state index in [0.717, 1.165) is 4.47 Å². The predicted molar refractivity (Wildman–Crippen MR) is 83.8 cm³/mol. The summed E-state index contributed by atoms with van der Waals surface area (Å²) in [5.74, 6) is -1.34. The van der Waals surface area contributed by atoms with Gasteiger partial charge in [-0.25, -0.2) is 9.18 Å². The van der Waals surface area contributed by atoms with E-state index in [2.05, 4.69) is 21.2 Å². The number of benzene rings is 2. The number of carboxylic acids is 1. The van der Waals surface area contributed by atoms with Crippen molar-refractivity contribution in [1.82, 2.24) is 0 Å². The van der Waals surface area contributed by atoms with Crippen molar-refractivity contribution < 1.29 is 14.3 Å². The first-order valence-corrected chi connectivity index (χ1v) is 7.30. The maximum Gasteiger partial charge on any atom is 0.334 e. The highest BCUT2D eigenvalue weighted by Gasteiger charge is 2.38. The summed E-state index contributed by atoms with van der Waals surface area (Å²) in [5.41, 5.74) is -0.0708. The van der Waals surface area contributed by atoms with Gasteiger partial charge in [0.1, 0.15) is 5.82 Å². The minimum Gasteiger partial charge on any atom is -0.479 e. The molecule has 0 radical (unpaired) electrons. The van der Waals surface area contributed by atoms with Crippen molar-refractivity contribution in [3.05, 3.63) is 64.4 Å². The number of hydrogen-bond acceptors (Lipinski definition) is 2. The van der Waals surface area contributed by atoms with Crippen molar-refractivity contribution in [3.63, 3.8) is 0 Å². The first-order valence-electron chi connectivity index (χ1n) is 6.51. The molecule has 0 aliphatic heterocycles. The van der Waals surface area contributed by atoms with Crippen LogP contribution in [0.15, 0.2) is 53.0 Å². The summed E-state index contributed by atoms with van der Waals surface area (Å²) in [6, 6.07) is 12.8. The number of carboxylic acid groups (broad SMARTS) is 1. The number of carbonyl (C=O) groups is 1. The third-order valence-corrected chi connectivity index (χ3v) is 3.91. The average molecular weight is 352 g/mol. The third-order valence-electron chi connectivity index (χ3n) is 3.41. The summed E-state index contributed by atoms with van der Waals surface area (Å²) in [6.45, 7) is 1.80. The molecule has 0 fully saturated rings. The smallest absolute Gasteiger partial charge is 0.334 e. The van der Waals surface area contributed by atoms with Gasteiger partial charge in [0.2, 0.25) is 0 Å². The van der Waals surface area contributed by atoms with Crippen molar-refractivity contribution in [1.29, 1.82) is 0 Å². The lowest BCUT2D eigenvalue weighted by atomic mass is 9.87. The molecule has 0 aliphatic carbocycles. The molecule has 0 spiro atoms. The zero-order valence-electron chi connectivity index (χ0n) is 11.4. The number of aliphatic carboxylic acids is 1. The molecule has 3 nitrogen and oxygen atoms in total. The van der Waals surface area contributed by atoms with Gasteiger partial charge in [0.25, 0.3) is 0 Å². The molecule has 0 heterocycles. The van der Waals surface area contributed by atoms with Gasteiger partial charge in [0, 0.05) is 10.2 Å². The SMILES string of the molecule is CCC(Nc1ccc(F)cc1)(C(=O)O)c1cccc(Br)c1. The predicted octanol–water partition coefficient (Wildman–Crippen LogP) is 4.39. The molecular formula is C16H15BrFNO2. The third kappa shape index (κ3) is 3.24. The summed E-state index contributed by atoms with van der Waals surface area (Å²) in [5, 5.41) is 12.8. The molecule has 2 aromatic carbocycles. The van der Waals surface area contributed by atoms with Crippen LogP contribution in [0, 0.1) is 5.82 Å². The fourth-order valence-electron chi connectivity index (χ4n) is 2.23. The average Bonchev–Trinajstić information content (AvgIpc) is 2.46. The zero-order valence-corrected chi connectivity index (χ0v) is 13.0. The first-order chi connectivity index (χ1) is 9.98. The van der Waals surface area contributed by atoms with Crippen LogP contribution in [0.2, 0.25) is 0 Å². The lowest BCUT2D eigenvalue weighted by Gasteiger charge is -2.31. The van der Waals surface area contributed by atoms with Crippen LogP contribution in [-0.2, 0) is 10.3 Å².